The smallest absolute Gasteiger partial charge is 0.222 e. The molecule has 3 nitrogen and oxygen atoms in total. The first kappa shape index (κ1) is 15.9. The molecule has 0 unspecified atom stereocenters. The van der Waals surface area contributed by atoms with E-state index in [0.717, 1.165) is 28.7 Å². The molecule has 1 heterocycles. The lowest BCUT2D eigenvalue weighted by atomic mass is 9.95. The van der Waals surface area contributed by atoms with Gasteiger partial charge in [0, 0.05) is 18.7 Å². The number of pyridine rings is 1. The number of hydrogen-bond acceptors (Lipinski definition) is 2. The van der Waals surface area contributed by atoms with Gasteiger partial charge in [0.05, 0.1) is 0 Å². The Kier molecular flexibility index (Phi) is 4.71. The standard InChI is InChI=1S/C21H20N2O/c1-3-16-9-11-18(12-10-16)20-14-22-21(23-15(2)24)13-19(20)17-7-5-4-6-8-17/h4-14H,3H2,1-2H3,(H,22,23,24). The van der Waals surface area contributed by atoms with Crippen molar-refractivity contribution in [1.82, 2.24) is 4.98 Å². The number of carbonyl (C=O) groups is 1. The molecule has 0 aliphatic heterocycles. The molecule has 120 valence electrons. The fraction of sp³-hybridized carbons (Fsp3) is 0.143. The van der Waals surface area contributed by atoms with Gasteiger partial charge in [0.15, 0.2) is 0 Å². The summed E-state index contributed by atoms with van der Waals surface area (Å²) in [6.07, 6.45) is 2.85. The highest BCUT2D eigenvalue weighted by Crippen LogP contribution is 2.33. The van der Waals surface area contributed by atoms with E-state index in [1.165, 1.54) is 12.5 Å². The van der Waals surface area contributed by atoms with Crippen molar-refractivity contribution < 1.29 is 4.79 Å². The number of aryl methyl sites for hydroxylation is 1. The van der Waals surface area contributed by atoms with Crippen LogP contribution in [0.3, 0.4) is 0 Å². The van der Waals surface area contributed by atoms with E-state index < -0.39 is 0 Å². The molecular weight excluding hydrogens is 296 g/mol. The molecule has 0 aliphatic rings. The second-order valence-electron chi connectivity index (χ2n) is 5.71. The predicted molar refractivity (Wildman–Crippen MR) is 98.8 cm³/mol. The summed E-state index contributed by atoms with van der Waals surface area (Å²) < 4.78 is 0. The summed E-state index contributed by atoms with van der Waals surface area (Å²) in [5.74, 6) is 0.442. The lowest BCUT2D eigenvalue weighted by Crippen LogP contribution is -2.07. The maximum absolute atomic E-state index is 11.3. The number of carbonyl (C=O) groups excluding carboxylic acids is 1. The van der Waals surface area contributed by atoms with Gasteiger partial charge in [-0.1, -0.05) is 61.5 Å². The number of nitrogens with zero attached hydrogens (tertiary/aromatic N) is 1. The molecule has 0 spiro atoms. The van der Waals surface area contributed by atoms with E-state index in [1.54, 1.807) is 0 Å². The molecule has 3 rings (SSSR count). The molecular formula is C21H20N2O. The lowest BCUT2D eigenvalue weighted by molar-refractivity contribution is -0.114. The summed E-state index contributed by atoms with van der Waals surface area (Å²) >= 11 is 0. The Morgan fingerprint density at radius 2 is 1.62 bits per heavy atom. The molecule has 1 amide bonds. The highest BCUT2D eigenvalue weighted by Gasteiger charge is 2.10. The quantitative estimate of drug-likeness (QED) is 0.741. The summed E-state index contributed by atoms with van der Waals surface area (Å²) in [7, 11) is 0. The fourth-order valence-corrected chi connectivity index (χ4v) is 2.71. The van der Waals surface area contributed by atoms with Gasteiger partial charge in [-0.05, 0) is 34.7 Å². The highest BCUT2D eigenvalue weighted by atomic mass is 16.1. The highest BCUT2D eigenvalue weighted by molar-refractivity contribution is 5.90. The first-order valence-electron chi connectivity index (χ1n) is 8.09. The Morgan fingerprint density at radius 3 is 2.25 bits per heavy atom. The Hall–Kier alpha value is -2.94. The Morgan fingerprint density at radius 1 is 0.958 bits per heavy atom. The van der Waals surface area contributed by atoms with Crippen molar-refractivity contribution in [2.24, 2.45) is 0 Å². The summed E-state index contributed by atoms with van der Waals surface area (Å²) in [5, 5.41) is 2.76. The normalized spacial score (nSPS) is 10.4. The van der Waals surface area contributed by atoms with Gasteiger partial charge in [0.1, 0.15) is 5.82 Å². The third-order valence-corrected chi connectivity index (χ3v) is 3.97. The molecule has 0 aliphatic carbocycles. The summed E-state index contributed by atoms with van der Waals surface area (Å²) in [6.45, 7) is 3.63. The van der Waals surface area contributed by atoms with E-state index in [2.05, 4.69) is 53.6 Å². The zero-order valence-electron chi connectivity index (χ0n) is 13.9. The molecule has 2 aromatic carbocycles. The minimum absolute atomic E-state index is 0.124. The molecule has 0 radical (unpaired) electrons. The molecule has 1 aromatic heterocycles. The molecule has 0 atom stereocenters. The second-order valence-corrected chi connectivity index (χ2v) is 5.71. The SMILES string of the molecule is CCc1ccc(-c2cnc(NC(C)=O)cc2-c2ccccc2)cc1. The van der Waals surface area contributed by atoms with Gasteiger partial charge in [-0.2, -0.15) is 0 Å². The zero-order chi connectivity index (χ0) is 16.9. The van der Waals surface area contributed by atoms with Crippen molar-refractivity contribution in [1.29, 1.82) is 0 Å². The molecule has 0 saturated carbocycles. The lowest BCUT2D eigenvalue weighted by Gasteiger charge is -2.12. The van der Waals surface area contributed by atoms with Crippen molar-refractivity contribution in [2.75, 3.05) is 5.32 Å². The summed E-state index contributed by atoms with van der Waals surface area (Å²) in [6, 6.07) is 20.6. The zero-order valence-corrected chi connectivity index (χ0v) is 13.9. The number of rotatable bonds is 4. The molecule has 0 saturated heterocycles. The van der Waals surface area contributed by atoms with Crippen LogP contribution in [0.25, 0.3) is 22.3 Å². The number of nitrogens with one attached hydrogen (secondary N) is 1. The fourth-order valence-electron chi connectivity index (χ4n) is 2.71. The van der Waals surface area contributed by atoms with Crippen LogP contribution in [0, 0.1) is 0 Å². The second kappa shape index (κ2) is 7.09. The first-order valence-corrected chi connectivity index (χ1v) is 8.09. The van der Waals surface area contributed by atoms with Gasteiger partial charge in [-0.3, -0.25) is 4.79 Å². The van der Waals surface area contributed by atoms with E-state index in [1.807, 2.05) is 30.5 Å². The van der Waals surface area contributed by atoms with E-state index >= 15 is 0 Å². The first-order chi connectivity index (χ1) is 11.7. The monoisotopic (exact) mass is 316 g/mol. The van der Waals surface area contributed by atoms with Crippen LogP contribution in [0.4, 0.5) is 5.82 Å². The molecule has 24 heavy (non-hydrogen) atoms. The molecule has 3 aromatic rings. The largest absolute Gasteiger partial charge is 0.311 e. The Bertz CT molecular complexity index is 839. The van der Waals surface area contributed by atoms with Crippen LogP contribution >= 0.6 is 0 Å². The van der Waals surface area contributed by atoms with E-state index in [9.17, 15) is 4.79 Å². The average molecular weight is 316 g/mol. The van der Waals surface area contributed by atoms with E-state index in [0.29, 0.717) is 5.82 Å². The van der Waals surface area contributed by atoms with Crippen LogP contribution in [-0.2, 0) is 11.2 Å². The Labute approximate surface area is 142 Å². The van der Waals surface area contributed by atoms with Crippen molar-refractivity contribution in [2.45, 2.75) is 20.3 Å². The van der Waals surface area contributed by atoms with Gasteiger partial charge in [-0.15, -0.1) is 0 Å². The topological polar surface area (TPSA) is 42.0 Å². The third kappa shape index (κ3) is 3.51. The van der Waals surface area contributed by atoms with Gasteiger partial charge < -0.3 is 5.32 Å². The summed E-state index contributed by atoms with van der Waals surface area (Å²) in [5.41, 5.74) is 5.63. The van der Waals surface area contributed by atoms with Crippen LogP contribution in [0.2, 0.25) is 0 Å². The maximum Gasteiger partial charge on any atom is 0.222 e. The van der Waals surface area contributed by atoms with Crippen LogP contribution in [0.15, 0.2) is 66.9 Å². The maximum atomic E-state index is 11.3. The number of anilines is 1. The van der Waals surface area contributed by atoms with Gasteiger partial charge in [0.25, 0.3) is 0 Å². The minimum Gasteiger partial charge on any atom is -0.311 e. The van der Waals surface area contributed by atoms with Gasteiger partial charge in [0.2, 0.25) is 5.91 Å². The Balaban J connectivity index is 2.11. The molecule has 0 fully saturated rings. The molecule has 1 N–H and O–H groups in total. The van der Waals surface area contributed by atoms with Crippen LogP contribution in [0.5, 0.6) is 0 Å². The van der Waals surface area contributed by atoms with Gasteiger partial charge in [-0.25, -0.2) is 4.98 Å². The van der Waals surface area contributed by atoms with Crippen molar-refractivity contribution >= 4 is 11.7 Å². The van der Waals surface area contributed by atoms with Crippen molar-refractivity contribution in [3.8, 4) is 22.3 Å². The number of benzene rings is 2. The van der Waals surface area contributed by atoms with Crippen molar-refractivity contribution in [3.63, 3.8) is 0 Å². The third-order valence-electron chi connectivity index (χ3n) is 3.97. The summed E-state index contributed by atoms with van der Waals surface area (Å²) in [4.78, 5) is 15.7. The van der Waals surface area contributed by atoms with Crippen LogP contribution in [0.1, 0.15) is 19.4 Å². The van der Waals surface area contributed by atoms with E-state index in [4.69, 9.17) is 0 Å². The number of hydrogen-bond donors (Lipinski definition) is 1. The van der Waals surface area contributed by atoms with E-state index in [-0.39, 0.29) is 5.91 Å². The van der Waals surface area contributed by atoms with Crippen LogP contribution < -0.4 is 5.32 Å². The van der Waals surface area contributed by atoms with Gasteiger partial charge >= 0.3 is 0 Å². The molecule has 0 bridgehead atoms. The minimum atomic E-state index is -0.124. The van der Waals surface area contributed by atoms with Crippen molar-refractivity contribution in [3.05, 3.63) is 72.4 Å². The molecule has 3 heteroatoms. The van der Waals surface area contributed by atoms with Crippen LogP contribution in [-0.4, -0.2) is 10.9 Å². The number of amides is 1. The number of aromatic nitrogens is 1. The average Bonchev–Trinajstić information content (AvgIpc) is 2.62. The predicted octanol–water partition coefficient (Wildman–Crippen LogP) is 4.94.